The number of ether oxygens (including phenoxy) is 1. The summed E-state index contributed by atoms with van der Waals surface area (Å²) in [6, 6.07) is 13.6. The minimum atomic E-state index is 0.412. The number of aryl methyl sites for hydroxylation is 2. The van der Waals surface area contributed by atoms with Crippen molar-refractivity contribution in [3.63, 3.8) is 0 Å². The predicted molar refractivity (Wildman–Crippen MR) is 98.9 cm³/mol. The molecule has 0 atom stereocenters. The monoisotopic (exact) mass is 357 g/mol. The minimum Gasteiger partial charge on any atom is -0.494 e. The summed E-state index contributed by atoms with van der Waals surface area (Å²) < 4.78 is 7.94. The van der Waals surface area contributed by atoms with Gasteiger partial charge < -0.3 is 14.6 Å². The largest absolute Gasteiger partial charge is 0.494 e. The Morgan fingerprint density at radius 2 is 2.12 bits per heavy atom. The molecule has 0 saturated carbocycles. The van der Waals surface area contributed by atoms with Crippen LogP contribution in [0.4, 0.5) is 0 Å². The Morgan fingerprint density at radius 1 is 1.28 bits per heavy atom. The highest BCUT2D eigenvalue weighted by Crippen LogP contribution is 2.21. The smallest absolute Gasteiger partial charge is 0.207 e. The van der Waals surface area contributed by atoms with E-state index in [1.54, 1.807) is 0 Å². The molecule has 25 heavy (non-hydrogen) atoms. The summed E-state index contributed by atoms with van der Waals surface area (Å²) in [5, 5.41) is 3.43. The van der Waals surface area contributed by atoms with Gasteiger partial charge in [-0.2, -0.15) is 0 Å². The molecule has 0 unspecified atom stereocenters. The molecule has 1 N–H and O–H groups in total. The first-order chi connectivity index (χ1) is 12.2. The molecule has 3 rings (SSSR count). The molecule has 3 aromatic rings. The van der Waals surface area contributed by atoms with E-state index in [2.05, 4.69) is 14.9 Å². The van der Waals surface area contributed by atoms with Crippen molar-refractivity contribution >= 4 is 29.0 Å². The van der Waals surface area contributed by atoms with Gasteiger partial charge in [0.15, 0.2) is 0 Å². The van der Waals surface area contributed by atoms with Crippen LogP contribution in [0.2, 0.25) is 5.02 Å². The highest BCUT2D eigenvalue weighted by molar-refractivity contribution is 6.31. The van der Waals surface area contributed by atoms with E-state index in [1.807, 2.05) is 49.4 Å². The number of fused-ring (bicyclic) bond motifs is 1. The second-order valence-corrected chi connectivity index (χ2v) is 6.19. The zero-order valence-electron chi connectivity index (χ0n) is 14.0. The lowest BCUT2D eigenvalue weighted by Gasteiger charge is -2.11. The van der Waals surface area contributed by atoms with Gasteiger partial charge in [-0.05, 0) is 49.2 Å². The quantitative estimate of drug-likeness (QED) is 0.494. The van der Waals surface area contributed by atoms with Crippen LogP contribution >= 0.6 is 11.6 Å². The van der Waals surface area contributed by atoms with Crippen LogP contribution in [0.5, 0.6) is 5.75 Å². The molecule has 130 valence electrons. The van der Waals surface area contributed by atoms with Gasteiger partial charge in [-0.1, -0.05) is 23.7 Å². The second-order valence-electron chi connectivity index (χ2n) is 5.78. The SMILES string of the molecule is Cc1cc(OCCCn2c(CNC=O)nc3ccccc32)ccc1Cl. The molecule has 1 amide bonds. The Bertz CT molecular complexity index is 876. The first kappa shape index (κ1) is 17.3. The third kappa shape index (κ3) is 4.12. The maximum absolute atomic E-state index is 10.6. The molecule has 2 aromatic carbocycles. The van der Waals surface area contributed by atoms with Crippen molar-refractivity contribution in [2.45, 2.75) is 26.4 Å². The summed E-state index contributed by atoms with van der Waals surface area (Å²) in [4.78, 5) is 15.2. The number of imidazole rings is 1. The van der Waals surface area contributed by atoms with Gasteiger partial charge in [-0.3, -0.25) is 4.79 Å². The fourth-order valence-electron chi connectivity index (χ4n) is 2.76. The number of carbonyl (C=O) groups excluding carboxylic acids is 1. The van der Waals surface area contributed by atoms with Gasteiger partial charge in [0, 0.05) is 11.6 Å². The summed E-state index contributed by atoms with van der Waals surface area (Å²) in [6.07, 6.45) is 1.52. The lowest BCUT2D eigenvalue weighted by atomic mass is 10.2. The van der Waals surface area contributed by atoms with Crippen LogP contribution < -0.4 is 10.1 Å². The number of para-hydroxylation sites is 2. The van der Waals surface area contributed by atoms with Crippen LogP contribution in [0.15, 0.2) is 42.5 Å². The van der Waals surface area contributed by atoms with Gasteiger partial charge in [-0.15, -0.1) is 0 Å². The normalized spacial score (nSPS) is 10.8. The topological polar surface area (TPSA) is 56.1 Å². The maximum Gasteiger partial charge on any atom is 0.207 e. The van der Waals surface area contributed by atoms with E-state index >= 15 is 0 Å². The van der Waals surface area contributed by atoms with Crippen molar-refractivity contribution in [2.75, 3.05) is 6.61 Å². The number of nitrogens with zero attached hydrogens (tertiary/aromatic N) is 2. The summed E-state index contributed by atoms with van der Waals surface area (Å²) >= 11 is 6.03. The molecular formula is C19H20ClN3O2. The number of hydrogen-bond donors (Lipinski definition) is 1. The Hall–Kier alpha value is -2.53. The highest BCUT2D eigenvalue weighted by Gasteiger charge is 2.09. The predicted octanol–water partition coefficient (Wildman–Crippen LogP) is 3.71. The number of benzene rings is 2. The van der Waals surface area contributed by atoms with Crippen molar-refractivity contribution in [1.82, 2.24) is 14.9 Å². The van der Waals surface area contributed by atoms with Crippen molar-refractivity contribution in [3.05, 3.63) is 58.9 Å². The Morgan fingerprint density at radius 3 is 2.92 bits per heavy atom. The number of rotatable bonds is 8. The van der Waals surface area contributed by atoms with Crippen molar-refractivity contribution < 1.29 is 9.53 Å². The summed E-state index contributed by atoms with van der Waals surface area (Å²) in [7, 11) is 0. The Balaban J connectivity index is 1.65. The minimum absolute atomic E-state index is 0.412. The zero-order valence-corrected chi connectivity index (χ0v) is 14.8. The number of carbonyl (C=O) groups is 1. The first-order valence-corrected chi connectivity index (χ1v) is 8.57. The van der Waals surface area contributed by atoms with E-state index in [9.17, 15) is 4.79 Å². The van der Waals surface area contributed by atoms with Crippen molar-refractivity contribution in [3.8, 4) is 5.75 Å². The lowest BCUT2D eigenvalue weighted by Crippen LogP contribution is -2.16. The molecular weight excluding hydrogens is 338 g/mol. The molecule has 6 heteroatoms. The molecule has 0 radical (unpaired) electrons. The van der Waals surface area contributed by atoms with E-state index in [-0.39, 0.29) is 0 Å². The van der Waals surface area contributed by atoms with Gasteiger partial charge in [0.05, 0.1) is 24.2 Å². The molecule has 0 aliphatic rings. The average molecular weight is 358 g/mol. The van der Waals surface area contributed by atoms with Crippen molar-refractivity contribution in [1.29, 1.82) is 0 Å². The van der Waals surface area contributed by atoms with Crippen molar-refractivity contribution in [2.24, 2.45) is 0 Å². The van der Waals surface area contributed by atoms with Crippen LogP contribution in [0.1, 0.15) is 17.8 Å². The van der Waals surface area contributed by atoms with Crippen LogP contribution in [0, 0.1) is 6.92 Å². The zero-order chi connectivity index (χ0) is 17.6. The van der Waals surface area contributed by atoms with E-state index in [1.165, 1.54) is 0 Å². The van der Waals surface area contributed by atoms with Gasteiger partial charge in [-0.25, -0.2) is 4.98 Å². The van der Waals surface area contributed by atoms with Crippen LogP contribution in [0.25, 0.3) is 11.0 Å². The highest BCUT2D eigenvalue weighted by atomic mass is 35.5. The maximum atomic E-state index is 10.6. The van der Waals surface area contributed by atoms with Crippen LogP contribution in [0.3, 0.4) is 0 Å². The summed E-state index contributed by atoms with van der Waals surface area (Å²) in [5.74, 6) is 1.66. The standard InChI is InChI=1S/C19H20ClN3O2/c1-14-11-15(7-8-16(14)20)25-10-4-9-23-18-6-3-2-5-17(18)22-19(23)12-21-13-24/h2-3,5-8,11,13H,4,9-10,12H2,1H3,(H,21,24). The molecule has 0 spiro atoms. The molecule has 1 aromatic heterocycles. The van der Waals surface area contributed by atoms with Crippen LogP contribution in [-0.4, -0.2) is 22.6 Å². The summed E-state index contributed by atoms with van der Waals surface area (Å²) in [6.45, 7) is 3.73. The number of halogens is 1. The second kappa shape index (κ2) is 8.03. The van der Waals surface area contributed by atoms with Gasteiger partial charge in [0.1, 0.15) is 11.6 Å². The van der Waals surface area contributed by atoms with Gasteiger partial charge >= 0.3 is 0 Å². The molecule has 5 nitrogen and oxygen atoms in total. The Kier molecular flexibility index (Phi) is 5.56. The van der Waals surface area contributed by atoms with Crippen LogP contribution in [-0.2, 0) is 17.9 Å². The molecule has 0 bridgehead atoms. The fourth-order valence-corrected chi connectivity index (χ4v) is 2.88. The van der Waals surface area contributed by atoms with E-state index in [4.69, 9.17) is 16.3 Å². The molecule has 0 fully saturated rings. The van der Waals surface area contributed by atoms with Gasteiger partial charge in [0.2, 0.25) is 6.41 Å². The molecule has 0 aliphatic carbocycles. The molecule has 0 aliphatic heterocycles. The number of nitrogens with one attached hydrogen (secondary N) is 1. The average Bonchev–Trinajstić information content (AvgIpc) is 2.97. The number of aromatic nitrogens is 2. The number of amides is 1. The molecule has 1 heterocycles. The first-order valence-electron chi connectivity index (χ1n) is 8.19. The Labute approximate surface area is 151 Å². The van der Waals surface area contributed by atoms with Gasteiger partial charge in [0.25, 0.3) is 0 Å². The summed E-state index contributed by atoms with van der Waals surface area (Å²) in [5.41, 5.74) is 2.99. The fraction of sp³-hybridized carbons (Fsp3) is 0.263. The van der Waals surface area contributed by atoms with E-state index in [0.29, 0.717) is 19.6 Å². The van der Waals surface area contributed by atoms with E-state index in [0.717, 1.165) is 46.2 Å². The number of hydrogen-bond acceptors (Lipinski definition) is 3. The molecule has 0 saturated heterocycles. The third-order valence-electron chi connectivity index (χ3n) is 4.00. The van der Waals surface area contributed by atoms with E-state index < -0.39 is 0 Å². The third-order valence-corrected chi connectivity index (χ3v) is 4.43. The lowest BCUT2D eigenvalue weighted by molar-refractivity contribution is -0.109.